The van der Waals surface area contributed by atoms with E-state index in [1.807, 2.05) is 0 Å². The Morgan fingerprint density at radius 2 is 2.07 bits per heavy atom. The van der Waals surface area contributed by atoms with Crippen LogP contribution >= 0.6 is 0 Å². The predicted molar refractivity (Wildman–Crippen MR) is 60.1 cm³/mol. The van der Waals surface area contributed by atoms with Gasteiger partial charge in [0.1, 0.15) is 5.78 Å². The van der Waals surface area contributed by atoms with E-state index in [1.165, 1.54) is 19.3 Å². The van der Waals surface area contributed by atoms with Crippen LogP contribution in [0.4, 0.5) is 0 Å². The highest BCUT2D eigenvalue weighted by molar-refractivity contribution is 5.78. The molecule has 0 aromatic rings. The normalized spacial score (nSPS) is 32.9. The van der Waals surface area contributed by atoms with Crippen LogP contribution in [0, 0.1) is 23.2 Å². The Bertz CT molecular complexity index is 217. The lowest BCUT2D eigenvalue weighted by Gasteiger charge is -2.25. The number of carbonyl (C=O) groups is 1. The molecule has 3 atom stereocenters. The van der Waals surface area contributed by atoms with E-state index in [9.17, 15) is 4.79 Å². The summed E-state index contributed by atoms with van der Waals surface area (Å²) in [6.45, 7) is 10.8. The van der Waals surface area contributed by atoms with Crippen molar-refractivity contribution in [2.75, 3.05) is 0 Å². The average molecular weight is 196 g/mol. The van der Waals surface area contributed by atoms with Gasteiger partial charge in [0.2, 0.25) is 0 Å². The van der Waals surface area contributed by atoms with E-state index >= 15 is 0 Å². The molecule has 1 nitrogen and oxygen atoms in total. The van der Waals surface area contributed by atoms with Crippen LogP contribution < -0.4 is 0 Å². The Balaban J connectivity index is 2.67. The summed E-state index contributed by atoms with van der Waals surface area (Å²) in [6, 6.07) is 0. The number of ketones is 1. The molecule has 14 heavy (non-hydrogen) atoms. The fraction of sp³-hybridized carbons (Fsp3) is 0.923. The van der Waals surface area contributed by atoms with Crippen LogP contribution in [0.15, 0.2) is 0 Å². The topological polar surface area (TPSA) is 17.1 Å². The molecule has 82 valence electrons. The third kappa shape index (κ3) is 2.18. The van der Waals surface area contributed by atoms with Crippen molar-refractivity contribution in [2.45, 2.75) is 53.9 Å². The van der Waals surface area contributed by atoms with E-state index in [0.717, 1.165) is 5.92 Å². The summed E-state index contributed by atoms with van der Waals surface area (Å²) in [5, 5.41) is 0. The molecule has 0 bridgehead atoms. The third-order valence-electron chi connectivity index (χ3n) is 4.32. The van der Waals surface area contributed by atoms with Gasteiger partial charge in [-0.3, -0.25) is 4.79 Å². The van der Waals surface area contributed by atoms with Gasteiger partial charge in [-0.25, -0.2) is 0 Å². The minimum atomic E-state index is 0.269. The summed E-state index contributed by atoms with van der Waals surface area (Å²) < 4.78 is 0. The first kappa shape index (κ1) is 11.7. The van der Waals surface area contributed by atoms with Gasteiger partial charge in [0.05, 0.1) is 0 Å². The van der Waals surface area contributed by atoms with Gasteiger partial charge in [-0.2, -0.15) is 0 Å². The molecule has 1 aliphatic rings. The molecule has 0 N–H and O–H groups in total. The van der Waals surface area contributed by atoms with Crippen molar-refractivity contribution in [3.63, 3.8) is 0 Å². The maximum Gasteiger partial charge on any atom is 0.132 e. The van der Waals surface area contributed by atoms with Crippen molar-refractivity contribution >= 4 is 5.78 Å². The Morgan fingerprint density at radius 3 is 2.43 bits per heavy atom. The van der Waals surface area contributed by atoms with E-state index < -0.39 is 0 Å². The van der Waals surface area contributed by atoms with Crippen molar-refractivity contribution in [1.82, 2.24) is 0 Å². The number of hydrogen-bond donors (Lipinski definition) is 0. The molecule has 1 aliphatic carbocycles. The summed E-state index contributed by atoms with van der Waals surface area (Å²) in [5.41, 5.74) is 0.448. The predicted octanol–water partition coefficient (Wildman–Crippen LogP) is 3.67. The lowest BCUT2D eigenvalue weighted by atomic mass is 9.80. The summed E-state index contributed by atoms with van der Waals surface area (Å²) >= 11 is 0. The standard InChI is InChI=1S/C13H24O/c1-6-12-7-11(8-13(12,4)5)9(2)10(3)14/h9,11-12H,6-8H2,1-5H3. The Labute approximate surface area is 88.3 Å². The largest absolute Gasteiger partial charge is 0.300 e. The maximum atomic E-state index is 11.3. The Morgan fingerprint density at radius 1 is 1.50 bits per heavy atom. The molecule has 1 rings (SSSR count). The van der Waals surface area contributed by atoms with Crippen molar-refractivity contribution in [3.05, 3.63) is 0 Å². The van der Waals surface area contributed by atoms with Gasteiger partial charge in [-0.05, 0) is 37.0 Å². The van der Waals surface area contributed by atoms with Gasteiger partial charge in [-0.1, -0.05) is 34.1 Å². The smallest absolute Gasteiger partial charge is 0.132 e. The molecule has 1 fully saturated rings. The highest BCUT2D eigenvalue weighted by Gasteiger charge is 2.41. The molecule has 0 heterocycles. The summed E-state index contributed by atoms with van der Waals surface area (Å²) in [5.74, 6) is 2.08. The first-order valence-corrected chi connectivity index (χ1v) is 5.89. The molecule has 0 radical (unpaired) electrons. The number of hydrogen-bond acceptors (Lipinski definition) is 1. The van der Waals surface area contributed by atoms with Crippen molar-refractivity contribution in [3.8, 4) is 0 Å². The van der Waals surface area contributed by atoms with Crippen molar-refractivity contribution in [1.29, 1.82) is 0 Å². The molecule has 0 saturated heterocycles. The molecule has 0 aromatic carbocycles. The summed E-state index contributed by atoms with van der Waals surface area (Å²) in [4.78, 5) is 11.3. The SMILES string of the molecule is CCC1CC(C(C)C(C)=O)CC1(C)C. The highest BCUT2D eigenvalue weighted by Crippen LogP contribution is 2.49. The zero-order chi connectivity index (χ0) is 10.9. The van der Waals surface area contributed by atoms with Gasteiger partial charge >= 0.3 is 0 Å². The van der Waals surface area contributed by atoms with Gasteiger partial charge in [0.25, 0.3) is 0 Å². The quantitative estimate of drug-likeness (QED) is 0.673. The number of rotatable bonds is 3. The number of carbonyl (C=O) groups excluding carboxylic acids is 1. The second kappa shape index (κ2) is 4.04. The summed E-state index contributed by atoms with van der Waals surface area (Å²) in [6.07, 6.45) is 3.74. The molecule has 0 aliphatic heterocycles. The first-order valence-electron chi connectivity index (χ1n) is 5.89. The number of Topliss-reactive ketones (excluding diaryl/α,β-unsaturated/α-hetero) is 1. The zero-order valence-corrected chi connectivity index (χ0v) is 10.3. The Hall–Kier alpha value is -0.330. The van der Waals surface area contributed by atoms with E-state index in [1.54, 1.807) is 6.92 Å². The van der Waals surface area contributed by atoms with Crippen LogP contribution in [-0.2, 0) is 4.79 Å². The molecule has 0 spiro atoms. The monoisotopic (exact) mass is 196 g/mol. The fourth-order valence-corrected chi connectivity index (χ4v) is 3.04. The fourth-order valence-electron chi connectivity index (χ4n) is 3.04. The lowest BCUT2D eigenvalue weighted by Crippen LogP contribution is -2.18. The van der Waals surface area contributed by atoms with Gasteiger partial charge < -0.3 is 0 Å². The molecular weight excluding hydrogens is 172 g/mol. The van der Waals surface area contributed by atoms with E-state index in [0.29, 0.717) is 17.1 Å². The second-order valence-corrected chi connectivity index (χ2v) is 5.69. The highest BCUT2D eigenvalue weighted by atomic mass is 16.1. The average Bonchev–Trinajstić information content (AvgIpc) is 2.39. The maximum absolute atomic E-state index is 11.3. The zero-order valence-electron chi connectivity index (χ0n) is 10.3. The molecule has 1 saturated carbocycles. The van der Waals surface area contributed by atoms with E-state index in [4.69, 9.17) is 0 Å². The second-order valence-electron chi connectivity index (χ2n) is 5.69. The van der Waals surface area contributed by atoms with Crippen LogP contribution in [0.2, 0.25) is 0 Å². The van der Waals surface area contributed by atoms with E-state index in [-0.39, 0.29) is 5.92 Å². The van der Waals surface area contributed by atoms with Crippen LogP contribution in [0.3, 0.4) is 0 Å². The van der Waals surface area contributed by atoms with Crippen LogP contribution in [-0.4, -0.2) is 5.78 Å². The lowest BCUT2D eigenvalue weighted by molar-refractivity contribution is -0.121. The van der Waals surface area contributed by atoms with Crippen molar-refractivity contribution < 1.29 is 4.79 Å². The van der Waals surface area contributed by atoms with Gasteiger partial charge in [0, 0.05) is 5.92 Å². The van der Waals surface area contributed by atoms with Gasteiger partial charge in [0.15, 0.2) is 0 Å². The minimum Gasteiger partial charge on any atom is -0.300 e. The molecule has 1 heteroatoms. The molecule has 0 aromatic heterocycles. The van der Waals surface area contributed by atoms with Crippen LogP contribution in [0.5, 0.6) is 0 Å². The minimum absolute atomic E-state index is 0.269. The Kier molecular flexibility index (Phi) is 3.39. The molecule has 0 amide bonds. The molecule has 3 unspecified atom stereocenters. The van der Waals surface area contributed by atoms with Gasteiger partial charge in [-0.15, -0.1) is 0 Å². The van der Waals surface area contributed by atoms with Crippen LogP contribution in [0.1, 0.15) is 53.9 Å². The molecular formula is C13H24O. The third-order valence-corrected chi connectivity index (χ3v) is 4.32. The van der Waals surface area contributed by atoms with Crippen LogP contribution in [0.25, 0.3) is 0 Å². The summed E-state index contributed by atoms with van der Waals surface area (Å²) in [7, 11) is 0. The van der Waals surface area contributed by atoms with Crippen molar-refractivity contribution in [2.24, 2.45) is 23.2 Å². The first-order chi connectivity index (χ1) is 6.38. The van der Waals surface area contributed by atoms with E-state index in [2.05, 4.69) is 27.7 Å².